The van der Waals surface area contributed by atoms with Crippen LogP contribution in [-0.2, 0) is 9.59 Å². The molecule has 124 valence electrons. The number of Topliss-reactive ketones (excluding diaryl/α,β-unsaturated/α-hetero) is 1. The maximum absolute atomic E-state index is 12.2. The average molecular weight is 372 g/mol. The van der Waals surface area contributed by atoms with Crippen LogP contribution in [0.5, 0.6) is 0 Å². The van der Waals surface area contributed by atoms with Gasteiger partial charge >= 0.3 is 5.97 Å². The van der Waals surface area contributed by atoms with E-state index < -0.39 is 17.9 Å². The third kappa shape index (κ3) is 4.30. The lowest BCUT2D eigenvalue weighted by atomic mass is 10.1. The molecule has 0 radical (unpaired) electrons. The van der Waals surface area contributed by atoms with Gasteiger partial charge in [0.15, 0.2) is 5.78 Å². The lowest BCUT2D eigenvalue weighted by Crippen LogP contribution is -2.47. The van der Waals surface area contributed by atoms with Crippen LogP contribution in [0.2, 0.25) is 0 Å². The first-order valence-electron chi connectivity index (χ1n) is 6.87. The minimum Gasteiger partial charge on any atom is -0.480 e. The number of carbonyl (C=O) groups excluding carboxylic acids is 2. The highest BCUT2D eigenvalue weighted by molar-refractivity contribution is 7.99. The number of amides is 1. The number of thiophene rings is 1. The summed E-state index contributed by atoms with van der Waals surface area (Å²) in [4.78, 5) is 37.6. The van der Waals surface area contributed by atoms with Crippen LogP contribution in [0.25, 0.3) is 0 Å². The van der Waals surface area contributed by atoms with E-state index >= 15 is 0 Å². The van der Waals surface area contributed by atoms with Crippen molar-refractivity contribution >= 4 is 58.0 Å². The fraction of sp³-hybridized carbons (Fsp3) is 0.429. The van der Waals surface area contributed by atoms with Crippen molar-refractivity contribution < 1.29 is 19.5 Å². The fourth-order valence-electron chi connectivity index (χ4n) is 2.06. The highest BCUT2D eigenvalue weighted by atomic mass is 32.2. The fourth-order valence-corrected chi connectivity index (χ4v) is 4.17. The van der Waals surface area contributed by atoms with Crippen molar-refractivity contribution in [3.63, 3.8) is 0 Å². The Hall–Kier alpha value is -1.45. The lowest BCUT2D eigenvalue weighted by Gasteiger charge is -2.21. The van der Waals surface area contributed by atoms with Gasteiger partial charge in [0.2, 0.25) is 5.91 Å². The number of thioether (sulfide) groups is 1. The van der Waals surface area contributed by atoms with Gasteiger partial charge in [0.25, 0.3) is 0 Å². The molecule has 2 atom stereocenters. The smallest absolute Gasteiger partial charge is 0.327 e. The second kappa shape index (κ2) is 7.89. The Bertz CT molecular complexity index is 618. The van der Waals surface area contributed by atoms with Gasteiger partial charge in [-0.05, 0) is 18.4 Å². The molecule has 2 rings (SSSR count). The number of nitrogens with one attached hydrogen (secondary N) is 1. The summed E-state index contributed by atoms with van der Waals surface area (Å²) in [5.41, 5.74) is 0. The molecule has 23 heavy (non-hydrogen) atoms. The maximum Gasteiger partial charge on any atom is 0.327 e. The second-order valence-corrected chi connectivity index (χ2v) is 7.39. The van der Waals surface area contributed by atoms with Gasteiger partial charge in [-0.15, -0.1) is 23.1 Å². The number of hydrogen-bond donors (Lipinski definition) is 2. The Morgan fingerprint density at radius 1 is 1.52 bits per heavy atom. The van der Waals surface area contributed by atoms with E-state index in [2.05, 4.69) is 5.32 Å². The molecule has 0 bridgehead atoms. The molecule has 0 spiro atoms. The predicted octanol–water partition coefficient (Wildman–Crippen LogP) is 1.47. The molecule has 1 aliphatic rings. The minimum atomic E-state index is -1.01. The van der Waals surface area contributed by atoms with Crippen LogP contribution in [0.15, 0.2) is 17.5 Å². The van der Waals surface area contributed by atoms with Crippen LogP contribution in [-0.4, -0.2) is 56.9 Å². The predicted molar refractivity (Wildman–Crippen MR) is 94.0 cm³/mol. The lowest BCUT2D eigenvalue weighted by molar-refractivity contribution is -0.147. The highest BCUT2D eigenvalue weighted by Gasteiger charge is 2.34. The molecule has 1 fully saturated rings. The summed E-state index contributed by atoms with van der Waals surface area (Å²) in [5, 5.41) is 13.7. The summed E-state index contributed by atoms with van der Waals surface area (Å²) >= 11 is 7.93. The standard InChI is InChI=1S/C14H16N2O4S3/c1-8(12(18)10-3-2-4-23-10)13(21)15-5-11(17)16-7-22-6-9(16)14(19)20/h2-4,8-9H,5-7H2,1H3,(H,15,21)(H,19,20). The first-order chi connectivity index (χ1) is 10.9. The Balaban J connectivity index is 1.87. The molecule has 0 aliphatic carbocycles. The normalized spacial score (nSPS) is 18.5. The highest BCUT2D eigenvalue weighted by Crippen LogP contribution is 2.21. The molecule has 9 heteroatoms. The zero-order valence-electron chi connectivity index (χ0n) is 12.4. The second-order valence-electron chi connectivity index (χ2n) is 5.00. The summed E-state index contributed by atoms with van der Waals surface area (Å²) in [6.45, 7) is 1.58. The van der Waals surface area contributed by atoms with Crippen molar-refractivity contribution in [1.82, 2.24) is 10.2 Å². The van der Waals surface area contributed by atoms with Gasteiger partial charge in [-0.1, -0.05) is 18.3 Å². The molecule has 0 saturated carbocycles. The summed E-state index contributed by atoms with van der Waals surface area (Å²) in [6.07, 6.45) is 0. The molecule has 2 N–H and O–H groups in total. The summed E-state index contributed by atoms with van der Waals surface area (Å²) < 4.78 is 0. The summed E-state index contributed by atoms with van der Waals surface area (Å²) in [7, 11) is 0. The first-order valence-corrected chi connectivity index (χ1v) is 9.31. The average Bonchev–Trinajstić information content (AvgIpc) is 3.21. The molecular weight excluding hydrogens is 356 g/mol. The van der Waals surface area contributed by atoms with E-state index in [1.54, 1.807) is 19.1 Å². The molecule has 2 unspecified atom stereocenters. The molecule has 0 aromatic carbocycles. The van der Waals surface area contributed by atoms with Crippen molar-refractivity contribution in [3.8, 4) is 0 Å². The van der Waals surface area contributed by atoms with Crippen LogP contribution in [0.3, 0.4) is 0 Å². The number of hydrogen-bond acceptors (Lipinski definition) is 6. The number of rotatable bonds is 6. The third-order valence-corrected chi connectivity index (χ3v) is 5.85. The van der Waals surface area contributed by atoms with Crippen LogP contribution in [0.1, 0.15) is 16.6 Å². The Kier molecular flexibility index (Phi) is 6.14. The number of carboxylic acids is 1. The van der Waals surface area contributed by atoms with Crippen LogP contribution < -0.4 is 5.32 Å². The Labute approximate surface area is 147 Å². The summed E-state index contributed by atoms with van der Waals surface area (Å²) in [6, 6.07) is 2.73. The number of aliphatic carboxylic acids is 1. The van der Waals surface area contributed by atoms with Gasteiger partial charge in [0.1, 0.15) is 6.04 Å². The topological polar surface area (TPSA) is 86.7 Å². The molecule has 6 nitrogen and oxygen atoms in total. The number of ketones is 1. The van der Waals surface area contributed by atoms with E-state index in [0.29, 0.717) is 16.5 Å². The van der Waals surface area contributed by atoms with Crippen molar-refractivity contribution in [1.29, 1.82) is 0 Å². The Morgan fingerprint density at radius 3 is 2.87 bits per heavy atom. The molecule has 1 aliphatic heterocycles. The first kappa shape index (κ1) is 17.9. The van der Waals surface area contributed by atoms with E-state index in [1.807, 2.05) is 5.38 Å². The zero-order chi connectivity index (χ0) is 17.0. The van der Waals surface area contributed by atoms with Gasteiger partial charge in [-0.3, -0.25) is 9.59 Å². The third-order valence-electron chi connectivity index (χ3n) is 3.45. The van der Waals surface area contributed by atoms with Crippen LogP contribution >= 0.6 is 35.3 Å². The van der Waals surface area contributed by atoms with Crippen molar-refractivity contribution in [2.45, 2.75) is 13.0 Å². The number of carboxylic acid groups (broad SMARTS) is 1. The quantitative estimate of drug-likeness (QED) is 0.578. The number of carbonyl (C=O) groups is 3. The van der Waals surface area contributed by atoms with E-state index in [1.165, 1.54) is 28.0 Å². The van der Waals surface area contributed by atoms with Gasteiger partial charge in [0, 0.05) is 5.75 Å². The molecule has 1 aromatic rings. The number of thiocarbonyl (C=S) groups is 1. The van der Waals surface area contributed by atoms with Crippen molar-refractivity contribution in [3.05, 3.63) is 22.4 Å². The van der Waals surface area contributed by atoms with E-state index in [-0.39, 0.29) is 23.2 Å². The largest absolute Gasteiger partial charge is 0.480 e. The monoisotopic (exact) mass is 372 g/mol. The van der Waals surface area contributed by atoms with Crippen molar-refractivity contribution in [2.75, 3.05) is 18.2 Å². The number of nitrogens with zero attached hydrogens (tertiary/aromatic N) is 1. The SMILES string of the molecule is CC(C(=O)c1cccs1)C(=S)NCC(=O)N1CSCC1C(=O)O. The van der Waals surface area contributed by atoms with E-state index in [9.17, 15) is 14.4 Å². The van der Waals surface area contributed by atoms with Gasteiger partial charge < -0.3 is 15.3 Å². The molecular formula is C14H16N2O4S3. The molecule has 1 amide bonds. The van der Waals surface area contributed by atoms with Gasteiger partial charge in [0.05, 0.1) is 28.2 Å². The summed E-state index contributed by atoms with van der Waals surface area (Å²) in [5.74, 6) is -1.22. The van der Waals surface area contributed by atoms with Crippen LogP contribution in [0, 0.1) is 5.92 Å². The van der Waals surface area contributed by atoms with Gasteiger partial charge in [-0.2, -0.15) is 0 Å². The molecule has 2 heterocycles. The molecule has 1 saturated heterocycles. The van der Waals surface area contributed by atoms with E-state index in [4.69, 9.17) is 17.3 Å². The van der Waals surface area contributed by atoms with Crippen molar-refractivity contribution in [2.24, 2.45) is 5.92 Å². The maximum atomic E-state index is 12.2. The zero-order valence-corrected chi connectivity index (χ0v) is 14.8. The van der Waals surface area contributed by atoms with E-state index in [0.717, 1.165) is 0 Å². The Morgan fingerprint density at radius 2 is 2.26 bits per heavy atom. The minimum absolute atomic E-state index is 0.0925. The van der Waals surface area contributed by atoms with Crippen LogP contribution in [0.4, 0.5) is 0 Å². The van der Waals surface area contributed by atoms with Gasteiger partial charge in [-0.25, -0.2) is 4.79 Å². The molecule has 1 aromatic heterocycles.